The molecule has 6 nitrogen and oxygen atoms in total. The van der Waals surface area contributed by atoms with Gasteiger partial charge < -0.3 is 4.52 Å². The van der Waals surface area contributed by atoms with Crippen LogP contribution in [0.15, 0.2) is 58.2 Å². The van der Waals surface area contributed by atoms with Gasteiger partial charge in [0.25, 0.3) is 10.0 Å². The number of fused-ring (bicyclic) bond motifs is 1. The van der Waals surface area contributed by atoms with Crippen molar-refractivity contribution in [3.63, 3.8) is 0 Å². The number of nitrogens with zero attached hydrogens (tertiary/aromatic N) is 3. The Morgan fingerprint density at radius 1 is 1.14 bits per heavy atom. The number of aryl methyl sites for hydroxylation is 2. The van der Waals surface area contributed by atoms with Crippen LogP contribution < -0.4 is 0 Å². The van der Waals surface area contributed by atoms with Crippen LogP contribution in [0.4, 0.5) is 0 Å². The molecule has 7 heteroatoms. The predicted molar refractivity (Wildman–Crippen MR) is 106 cm³/mol. The first-order chi connectivity index (χ1) is 13.4. The van der Waals surface area contributed by atoms with E-state index in [4.69, 9.17) is 4.52 Å². The summed E-state index contributed by atoms with van der Waals surface area (Å²) in [5, 5.41) is 3.98. The molecule has 4 aromatic rings. The van der Waals surface area contributed by atoms with E-state index < -0.39 is 10.0 Å². The molecule has 0 aliphatic carbocycles. The lowest BCUT2D eigenvalue weighted by Gasteiger charge is -2.08. The Labute approximate surface area is 162 Å². The van der Waals surface area contributed by atoms with E-state index in [-0.39, 0.29) is 4.90 Å². The highest BCUT2D eigenvalue weighted by Crippen LogP contribution is 2.31. The number of rotatable bonds is 3. The lowest BCUT2D eigenvalue weighted by Crippen LogP contribution is -2.11. The Balaban J connectivity index is 2.03. The van der Waals surface area contributed by atoms with Crippen LogP contribution in [0.25, 0.3) is 22.2 Å². The van der Waals surface area contributed by atoms with Gasteiger partial charge >= 0.3 is 0 Å². The van der Waals surface area contributed by atoms with E-state index in [1.165, 1.54) is 10.2 Å². The molecule has 0 saturated carbocycles. The average Bonchev–Trinajstić information content (AvgIpc) is 3.22. The molecule has 3 aromatic heterocycles. The minimum atomic E-state index is -3.80. The Morgan fingerprint density at radius 3 is 2.54 bits per heavy atom. The van der Waals surface area contributed by atoms with Gasteiger partial charge in [-0.3, -0.25) is 4.98 Å². The number of aromatic nitrogens is 3. The molecule has 28 heavy (non-hydrogen) atoms. The highest BCUT2D eigenvalue weighted by Gasteiger charge is 2.23. The van der Waals surface area contributed by atoms with Crippen LogP contribution >= 0.6 is 0 Å². The first-order valence-corrected chi connectivity index (χ1v) is 10.0. The van der Waals surface area contributed by atoms with Crippen LogP contribution in [-0.2, 0) is 10.0 Å². The molecule has 0 aliphatic heterocycles. The molecule has 0 radical (unpaired) electrons. The molecule has 3 heterocycles. The Bertz CT molecular complexity index is 1340. The maximum absolute atomic E-state index is 13.3. The predicted octanol–water partition coefficient (Wildman–Crippen LogP) is 3.92. The van der Waals surface area contributed by atoms with Crippen molar-refractivity contribution in [2.75, 3.05) is 0 Å². The van der Waals surface area contributed by atoms with Crippen molar-refractivity contribution < 1.29 is 12.9 Å². The zero-order valence-electron chi connectivity index (χ0n) is 15.6. The molecule has 1 aromatic carbocycles. The minimum Gasteiger partial charge on any atom is -0.361 e. The monoisotopic (exact) mass is 391 g/mol. The summed E-state index contributed by atoms with van der Waals surface area (Å²) < 4.78 is 33.0. The Hall–Kier alpha value is -3.37. The summed E-state index contributed by atoms with van der Waals surface area (Å²) >= 11 is 0. The first kappa shape index (κ1) is 18.0. The third kappa shape index (κ3) is 2.79. The SMILES string of the molecule is CC#Cc1cn(S(=O)(=O)c2ccccc2)c2cc(-c3c(C)noc3C)cnc12. The van der Waals surface area contributed by atoms with Gasteiger partial charge in [-0.2, -0.15) is 0 Å². The fraction of sp³-hybridized carbons (Fsp3) is 0.143. The van der Waals surface area contributed by atoms with E-state index in [9.17, 15) is 8.42 Å². The van der Waals surface area contributed by atoms with Crippen LogP contribution in [0.3, 0.4) is 0 Å². The topological polar surface area (TPSA) is 78.0 Å². The van der Waals surface area contributed by atoms with Crippen LogP contribution in [-0.4, -0.2) is 22.5 Å². The maximum atomic E-state index is 13.3. The van der Waals surface area contributed by atoms with Gasteiger partial charge in [-0.05, 0) is 39.0 Å². The van der Waals surface area contributed by atoms with Crippen LogP contribution in [0.1, 0.15) is 23.9 Å². The van der Waals surface area contributed by atoms with Crippen LogP contribution in [0, 0.1) is 25.7 Å². The molecule has 0 bridgehead atoms. The van der Waals surface area contributed by atoms with E-state index in [1.54, 1.807) is 49.5 Å². The molecule has 0 unspecified atom stereocenters. The summed E-state index contributed by atoms with van der Waals surface area (Å²) in [5.74, 6) is 6.41. The molecule has 0 atom stereocenters. The smallest absolute Gasteiger partial charge is 0.268 e. The van der Waals surface area contributed by atoms with Gasteiger partial charge in [-0.15, -0.1) is 5.92 Å². The van der Waals surface area contributed by atoms with E-state index in [1.807, 2.05) is 13.8 Å². The molecule has 4 rings (SSSR count). The zero-order chi connectivity index (χ0) is 19.9. The summed E-state index contributed by atoms with van der Waals surface area (Å²) in [6.07, 6.45) is 3.21. The largest absolute Gasteiger partial charge is 0.361 e. The fourth-order valence-electron chi connectivity index (χ4n) is 3.24. The highest BCUT2D eigenvalue weighted by molar-refractivity contribution is 7.90. The number of benzene rings is 1. The van der Waals surface area contributed by atoms with Crippen molar-refractivity contribution >= 4 is 21.1 Å². The minimum absolute atomic E-state index is 0.200. The Kier molecular flexibility index (Phi) is 4.28. The van der Waals surface area contributed by atoms with Crippen molar-refractivity contribution in [1.29, 1.82) is 0 Å². The van der Waals surface area contributed by atoms with E-state index in [0.717, 1.165) is 16.8 Å². The molecular formula is C21H17N3O3S. The van der Waals surface area contributed by atoms with Crippen molar-refractivity contribution in [3.05, 3.63) is 65.8 Å². The quantitative estimate of drug-likeness (QED) is 0.495. The van der Waals surface area contributed by atoms with Crippen molar-refractivity contribution in [1.82, 2.24) is 14.1 Å². The highest BCUT2D eigenvalue weighted by atomic mass is 32.2. The molecule has 0 spiro atoms. The second-order valence-electron chi connectivity index (χ2n) is 6.32. The molecule has 0 saturated heterocycles. The molecular weight excluding hydrogens is 374 g/mol. The van der Waals surface area contributed by atoms with Gasteiger partial charge in [0.05, 0.1) is 21.7 Å². The van der Waals surface area contributed by atoms with Gasteiger partial charge in [0.2, 0.25) is 0 Å². The summed E-state index contributed by atoms with van der Waals surface area (Å²) in [5.41, 5.74) is 3.81. The lowest BCUT2D eigenvalue weighted by molar-refractivity contribution is 0.393. The zero-order valence-corrected chi connectivity index (χ0v) is 16.4. The third-order valence-corrected chi connectivity index (χ3v) is 6.18. The lowest BCUT2D eigenvalue weighted by atomic mass is 10.1. The molecule has 0 fully saturated rings. The summed E-state index contributed by atoms with van der Waals surface area (Å²) in [7, 11) is -3.80. The van der Waals surface area contributed by atoms with Gasteiger partial charge in [0.15, 0.2) is 0 Å². The van der Waals surface area contributed by atoms with E-state index in [2.05, 4.69) is 22.0 Å². The van der Waals surface area contributed by atoms with E-state index in [0.29, 0.717) is 22.4 Å². The second-order valence-corrected chi connectivity index (χ2v) is 8.14. The summed E-state index contributed by atoms with van der Waals surface area (Å²) in [6.45, 7) is 5.35. The van der Waals surface area contributed by atoms with E-state index >= 15 is 0 Å². The van der Waals surface area contributed by atoms with Gasteiger partial charge in [-0.25, -0.2) is 12.4 Å². The second kappa shape index (κ2) is 6.66. The number of pyridine rings is 1. The average molecular weight is 391 g/mol. The first-order valence-electron chi connectivity index (χ1n) is 8.61. The standard InChI is InChI=1S/C21H17N3O3S/c1-4-8-16-13-24(28(25,26)18-9-6-5-7-10-18)19-11-17(12-22-21(16)19)20-14(2)23-27-15(20)3/h5-7,9-13H,1-3H3. The van der Waals surface area contributed by atoms with Gasteiger partial charge in [0, 0.05) is 23.5 Å². The van der Waals surface area contributed by atoms with Crippen LogP contribution in [0.2, 0.25) is 0 Å². The molecule has 0 amide bonds. The summed E-state index contributed by atoms with van der Waals surface area (Å²) in [6, 6.07) is 10.1. The molecule has 140 valence electrons. The fourth-order valence-corrected chi connectivity index (χ4v) is 4.61. The Morgan fingerprint density at radius 2 is 1.89 bits per heavy atom. The third-order valence-electron chi connectivity index (χ3n) is 4.49. The maximum Gasteiger partial charge on any atom is 0.268 e. The van der Waals surface area contributed by atoms with Crippen molar-refractivity contribution in [2.24, 2.45) is 0 Å². The van der Waals surface area contributed by atoms with Crippen LogP contribution in [0.5, 0.6) is 0 Å². The number of hydrogen-bond donors (Lipinski definition) is 0. The molecule has 0 N–H and O–H groups in total. The van der Waals surface area contributed by atoms with Gasteiger partial charge in [-0.1, -0.05) is 29.3 Å². The van der Waals surface area contributed by atoms with Crippen molar-refractivity contribution in [3.8, 4) is 23.0 Å². The van der Waals surface area contributed by atoms with Gasteiger partial charge in [0.1, 0.15) is 11.3 Å². The molecule has 0 aliphatic rings. The normalized spacial score (nSPS) is 11.4. The summed E-state index contributed by atoms with van der Waals surface area (Å²) in [4.78, 5) is 4.71. The van der Waals surface area contributed by atoms with Crippen molar-refractivity contribution in [2.45, 2.75) is 25.7 Å². The number of hydrogen-bond acceptors (Lipinski definition) is 5.